The number of carbonyl (C=O) groups is 7. The molecule has 484 valence electrons. The Morgan fingerprint density at radius 2 is 0.481 bits per heavy atom. The molecule has 2 N–H and O–H groups in total. The van der Waals surface area contributed by atoms with Crippen molar-refractivity contribution in [3.8, 4) is 0 Å². The van der Waals surface area contributed by atoms with E-state index in [4.69, 9.17) is 43.8 Å². The van der Waals surface area contributed by atoms with E-state index in [1.807, 2.05) is 138 Å². The first kappa shape index (κ1) is 131. The van der Waals surface area contributed by atoms with Gasteiger partial charge in [-0.25, -0.2) is 14.3 Å². The van der Waals surface area contributed by atoms with Crippen molar-refractivity contribution < 1.29 is 85.1 Å². The molecule has 77 heavy (non-hydrogen) atoms. The van der Waals surface area contributed by atoms with Crippen LogP contribution < -0.4 is 0 Å². The molecule has 0 saturated carbocycles. The van der Waals surface area contributed by atoms with Crippen LogP contribution in [-0.4, -0.2) is 108 Å². The van der Waals surface area contributed by atoms with Crippen LogP contribution in [0.3, 0.4) is 0 Å². The van der Waals surface area contributed by atoms with Gasteiger partial charge in [0, 0.05) is 64.1 Å². The average Bonchev–Trinajstić information content (AvgIpc) is 2.91. The summed E-state index contributed by atoms with van der Waals surface area (Å²) in [5, 5.41) is 10.4. The fraction of sp³-hybridized carbons (Fsp3) is 0.854. The molecule has 0 atom stereocenters. The lowest BCUT2D eigenvalue weighted by molar-refractivity contribution is -0.153. The van der Waals surface area contributed by atoms with Gasteiger partial charge in [0.15, 0.2) is 0 Å². The second-order valence-electron chi connectivity index (χ2n) is 20.6. The maximum atomic E-state index is 10.4. The Bertz CT molecular complexity index is 1350. The highest BCUT2D eigenvalue weighted by molar-refractivity contribution is 8.09. The van der Waals surface area contributed by atoms with Crippen molar-refractivity contribution in [3.05, 3.63) is 10.4 Å². The van der Waals surface area contributed by atoms with Crippen LogP contribution in [0.4, 0.5) is 4.79 Å². The van der Waals surface area contributed by atoms with Crippen molar-refractivity contribution in [2.75, 3.05) is 12.5 Å². The lowest BCUT2D eigenvalue weighted by atomic mass is 10.2. The first-order valence-electron chi connectivity index (χ1n) is 20.9. The molecule has 29 heteroatoms. The van der Waals surface area contributed by atoms with E-state index in [-0.39, 0.29) is 186 Å². The first-order valence-corrected chi connectivity index (χ1v) is 23.6. The Labute approximate surface area is 518 Å². The van der Waals surface area contributed by atoms with E-state index in [1.54, 1.807) is 20.8 Å². The maximum Gasteiger partial charge on any atom is 0.397 e. The van der Waals surface area contributed by atoms with Gasteiger partial charge in [-0.2, -0.15) is 94.5 Å². The van der Waals surface area contributed by atoms with Crippen LogP contribution in [0.25, 0.3) is 10.4 Å². The van der Waals surface area contributed by atoms with Gasteiger partial charge in [0.05, 0.1) is 0 Å². The predicted octanol–water partition coefficient (Wildman–Crippen LogP) is 14.0. The molecule has 0 aromatic rings. The number of nitrogens with zero attached hydrogens (tertiary/aromatic N) is 3. The van der Waals surface area contributed by atoms with Crippen LogP contribution in [0.2, 0.25) is 0 Å². The second-order valence-corrected chi connectivity index (χ2v) is 24.1. The number of hydrogen-bond acceptors (Lipinski definition) is 17. The van der Waals surface area contributed by atoms with Gasteiger partial charge in [-0.15, -0.1) is 4.33 Å². The van der Waals surface area contributed by atoms with Crippen LogP contribution >= 0.6 is 94.5 Å². The third kappa shape index (κ3) is 240. The van der Waals surface area contributed by atoms with E-state index in [2.05, 4.69) is 19.1 Å². The zero-order chi connectivity index (χ0) is 57.1. The van der Waals surface area contributed by atoms with Crippen molar-refractivity contribution in [3.63, 3.8) is 0 Å². The smallest absolute Gasteiger partial charge is 0.397 e. The molecule has 0 unspecified atom stereocenters. The van der Waals surface area contributed by atoms with Gasteiger partial charge in [0.2, 0.25) is 0 Å². The summed E-state index contributed by atoms with van der Waals surface area (Å²) in [6, 6.07) is 0. The molecule has 0 saturated heterocycles. The molecule has 0 radical (unpaired) electrons. The molecule has 0 bridgehead atoms. The molecule has 0 heterocycles. The van der Waals surface area contributed by atoms with Crippen molar-refractivity contribution in [2.24, 2.45) is 5.11 Å². The molecular formula is C48H121N3O18S8. The number of rotatable bonds is 1. The number of esters is 6. The van der Waals surface area contributed by atoms with E-state index in [9.17, 15) is 37.8 Å². The van der Waals surface area contributed by atoms with Gasteiger partial charge in [-0.05, 0) is 151 Å². The number of amides is 1. The fourth-order valence-electron chi connectivity index (χ4n) is 2.91. The fourth-order valence-corrected chi connectivity index (χ4v) is 2.91. The lowest BCUT2D eigenvalue weighted by Gasteiger charge is -2.20. The van der Waals surface area contributed by atoms with Crippen molar-refractivity contribution in [1.82, 2.24) is 0 Å². The molecule has 0 aromatic carbocycles. The van der Waals surface area contributed by atoms with Gasteiger partial charge >= 0.3 is 41.9 Å². The molecule has 21 nitrogen and oxygen atoms in total. The summed E-state index contributed by atoms with van der Waals surface area (Å²) in [7, 11) is -4.06. The Balaban J connectivity index is -0.0000000287. The average molecular weight is 1290 g/mol. The monoisotopic (exact) mass is 1280 g/mol. The Hall–Kier alpha value is -1.92. The highest BCUT2D eigenvalue weighted by Crippen LogP contribution is 2.11. The topological polar surface area (TPSA) is 300 Å². The van der Waals surface area contributed by atoms with Crippen LogP contribution in [0, 0.1) is 0 Å². The molecule has 0 aromatic heterocycles. The Morgan fingerprint density at radius 3 is 0.519 bits per heavy atom. The minimum absolute atomic E-state index is 0. The molecular weight excluding hydrogens is 1160 g/mol. The van der Waals surface area contributed by atoms with Crippen molar-refractivity contribution >= 4 is 146 Å². The van der Waals surface area contributed by atoms with Gasteiger partial charge in [-0.3, -0.25) is 28.8 Å². The number of carbonyl (C=O) groups excluding carboxylic acids is 7. The van der Waals surface area contributed by atoms with E-state index in [0.717, 1.165) is 12.5 Å². The second kappa shape index (κ2) is 60.2. The first-order chi connectivity index (χ1) is 28.8. The summed E-state index contributed by atoms with van der Waals surface area (Å²) in [5.41, 5.74) is 5.23. The summed E-state index contributed by atoms with van der Waals surface area (Å²) < 4.78 is 55.3. The highest BCUT2D eigenvalue weighted by Gasteiger charge is 2.19. The van der Waals surface area contributed by atoms with E-state index in [1.165, 1.54) is 41.5 Å². The van der Waals surface area contributed by atoms with Gasteiger partial charge in [-0.1, -0.05) is 36.1 Å². The van der Waals surface area contributed by atoms with Gasteiger partial charge < -0.3 is 37.7 Å². The minimum Gasteiger partial charge on any atom is -0.460 e. The Morgan fingerprint density at radius 1 is 0.377 bits per heavy atom. The zero-order valence-corrected chi connectivity index (χ0v) is 58.5. The van der Waals surface area contributed by atoms with Crippen LogP contribution in [-0.2, 0) is 75.9 Å². The molecule has 0 spiro atoms. The number of ether oxygens (including phenoxy) is 7. The summed E-state index contributed by atoms with van der Waals surface area (Å²) in [6.07, 6.45) is 0.906. The molecule has 1 amide bonds. The maximum absolute atomic E-state index is 10.4. The molecule has 0 aliphatic carbocycles. The molecule has 0 rings (SSSR count). The summed E-state index contributed by atoms with van der Waals surface area (Å²) >= 11 is 0. The van der Waals surface area contributed by atoms with E-state index >= 15 is 0 Å². The molecule has 0 aliphatic rings. The molecule has 0 fully saturated rings. The summed E-state index contributed by atoms with van der Waals surface area (Å²) in [5.74, 6) is -1.35. The highest BCUT2D eigenvalue weighted by atomic mass is 32.3. The van der Waals surface area contributed by atoms with Gasteiger partial charge in [0.25, 0.3) is 0 Å². The largest absolute Gasteiger partial charge is 0.460 e. The normalized spacial score (nSPS) is 9.86. The van der Waals surface area contributed by atoms with E-state index in [0.29, 0.717) is 0 Å². The third-order valence-electron chi connectivity index (χ3n) is 3.43. The minimum atomic E-state index is -4.06. The van der Waals surface area contributed by atoms with Crippen molar-refractivity contribution in [2.45, 2.75) is 262 Å². The number of azide groups is 1. The zero-order valence-electron chi connectivity index (χ0n) is 50.7. The quantitative estimate of drug-likeness (QED) is 0.0469. The van der Waals surface area contributed by atoms with E-state index < -0.39 is 21.3 Å². The van der Waals surface area contributed by atoms with Crippen molar-refractivity contribution in [1.29, 1.82) is 0 Å². The van der Waals surface area contributed by atoms with Crippen LogP contribution in [0.5, 0.6) is 0 Å². The summed E-state index contributed by atoms with van der Waals surface area (Å²) in [6.45, 7) is 50.7. The predicted molar refractivity (Wildman–Crippen MR) is 355 cm³/mol. The van der Waals surface area contributed by atoms with Gasteiger partial charge in [0.1, 0.15) is 48.8 Å². The summed E-state index contributed by atoms with van der Waals surface area (Å²) in [4.78, 5) is 74.1. The Kier molecular flexibility index (Phi) is 102. The third-order valence-corrected chi connectivity index (χ3v) is 3.86. The van der Waals surface area contributed by atoms with Crippen LogP contribution in [0.1, 0.15) is 223 Å². The lowest BCUT2D eigenvalue weighted by Crippen LogP contribution is -2.29. The number of hydrogen-bond donors (Lipinski definition) is 2. The van der Waals surface area contributed by atoms with Crippen LogP contribution in [0.15, 0.2) is 5.11 Å². The molecule has 0 aliphatic heterocycles. The standard InChI is InChI=1S/6C6H12O2.C5H9N3O2.C2H8O4S.C2H6.3CH4.7H2S/c6*1-5(7)8-6(2,3)4;1-5(2,3)10-4(9)7-8-6;1-7(2,4,5)6-3;1-2;;;;;;;;;;/h6*1-4H3;1-3H3;3H,1-2H3,(H,4,5);1-2H3;3*1H4;7*1H2. The SMILES string of the molecule is C.C.C.CC.CC(=O)OC(C)(C)C.CC(=O)OC(C)(C)C.CC(=O)OC(C)(C)C.CC(=O)OC(C)(C)C.CC(=O)OC(C)(C)C.CC(=O)OC(C)(C)C.CC(C)(C)OC(=O)N=[N+]=[N-].CS(C)(=O)(O)OO.S.S.S.S.S.S.S.